The number of rotatable bonds is 4. The maximum atomic E-state index is 13.2. The molecule has 0 aliphatic rings. The van der Waals surface area contributed by atoms with Crippen molar-refractivity contribution in [1.29, 1.82) is 0 Å². The minimum atomic E-state index is -0.558. The molecule has 0 saturated carbocycles. The maximum absolute atomic E-state index is 13.2. The molecule has 1 aromatic rings. The van der Waals surface area contributed by atoms with Crippen molar-refractivity contribution in [1.82, 2.24) is 0 Å². The SMILES string of the molecule is NC(=S)CCOc1cccc(Cl)c1F. The summed E-state index contributed by atoms with van der Waals surface area (Å²) in [4.78, 5) is 0.340. The van der Waals surface area contributed by atoms with E-state index < -0.39 is 5.82 Å². The summed E-state index contributed by atoms with van der Waals surface area (Å²) in [6, 6.07) is 4.57. The molecule has 0 spiro atoms. The van der Waals surface area contributed by atoms with Gasteiger partial charge in [-0.15, -0.1) is 0 Å². The molecule has 0 aliphatic carbocycles. The molecular weight excluding hydrogens is 225 g/mol. The smallest absolute Gasteiger partial charge is 0.183 e. The van der Waals surface area contributed by atoms with Crippen molar-refractivity contribution >= 4 is 28.8 Å². The highest BCUT2D eigenvalue weighted by Gasteiger charge is 2.06. The van der Waals surface area contributed by atoms with Crippen LogP contribution in [0.5, 0.6) is 5.75 Å². The third kappa shape index (κ3) is 3.12. The molecule has 0 heterocycles. The predicted molar refractivity (Wildman–Crippen MR) is 58.3 cm³/mol. The van der Waals surface area contributed by atoms with E-state index in [-0.39, 0.29) is 17.4 Å². The van der Waals surface area contributed by atoms with E-state index in [9.17, 15) is 4.39 Å². The molecule has 2 nitrogen and oxygen atoms in total. The van der Waals surface area contributed by atoms with Gasteiger partial charge in [-0.3, -0.25) is 0 Å². The van der Waals surface area contributed by atoms with Gasteiger partial charge in [-0.05, 0) is 12.1 Å². The molecule has 2 N–H and O–H groups in total. The fourth-order valence-corrected chi connectivity index (χ4v) is 1.11. The van der Waals surface area contributed by atoms with Crippen LogP contribution in [0.25, 0.3) is 0 Å². The Hall–Kier alpha value is -0.870. The topological polar surface area (TPSA) is 35.2 Å². The van der Waals surface area contributed by atoms with Gasteiger partial charge in [0.25, 0.3) is 0 Å². The third-order valence-corrected chi connectivity index (χ3v) is 2.02. The first-order valence-electron chi connectivity index (χ1n) is 3.96. The van der Waals surface area contributed by atoms with Crippen molar-refractivity contribution < 1.29 is 9.13 Å². The molecule has 0 aromatic heterocycles. The number of hydrogen-bond acceptors (Lipinski definition) is 2. The van der Waals surface area contributed by atoms with Gasteiger partial charge in [0.05, 0.1) is 16.6 Å². The molecule has 0 radical (unpaired) electrons. The zero-order chi connectivity index (χ0) is 10.6. The van der Waals surface area contributed by atoms with E-state index in [1.807, 2.05) is 0 Å². The van der Waals surface area contributed by atoms with Gasteiger partial charge < -0.3 is 10.5 Å². The first-order chi connectivity index (χ1) is 6.61. The number of hydrogen-bond donors (Lipinski definition) is 1. The van der Waals surface area contributed by atoms with Crippen molar-refractivity contribution in [3.63, 3.8) is 0 Å². The first kappa shape index (κ1) is 11.2. The summed E-state index contributed by atoms with van der Waals surface area (Å²) in [7, 11) is 0. The molecular formula is C9H9ClFNOS. The second-order valence-corrected chi connectivity index (χ2v) is 3.55. The van der Waals surface area contributed by atoms with Crippen LogP contribution in [-0.4, -0.2) is 11.6 Å². The summed E-state index contributed by atoms with van der Waals surface area (Å²) < 4.78 is 18.3. The van der Waals surface area contributed by atoms with Gasteiger partial charge in [0.2, 0.25) is 0 Å². The van der Waals surface area contributed by atoms with E-state index in [1.165, 1.54) is 12.1 Å². The third-order valence-electron chi connectivity index (χ3n) is 1.52. The lowest BCUT2D eigenvalue weighted by atomic mass is 10.3. The zero-order valence-corrected chi connectivity index (χ0v) is 8.87. The molecule has 14 heavy (non-hydrogen) atoms. The summed E-state index contributed by atoms with van der Waals surface area (Å²) in [5, 5.41) is 0.0397. The van der Waals surface area contributed by atoms with Crippen LogP contribution in [0.15, 0.2) is 18.2 Å². The summed E-state index contributed by atoms with van der Waals surface area (Å²) in [5.74, 6) is -0.439. The van der Waals surface area contributed by atoms with Gasteiger partial charge in [-0.2, -0.15) is 0 Å². The average Bonchev–Trinajstić information content (AvgIpc) is 2.12. The Balaban J connectivity index is 2.59. The van der Waals surface area contributed by atoms with Gasteiger partial charge in [0.1, 0.15) is 0 Å². The standard InChI is InChI=1S/C9H9ClFNOS/c10-6-2-1-3-7(9(6)11)13-5-4-8(12)14/h1-3H,4-5H2,(H2,12,14). The van der Waals surface area contributed by atoms with Crippen LogP contribution in [-0.2, 0) is 0 Å². The molecule has 1 aromatic carbocycles. The molecule has 0 bridgehead atoms. The van der Waals surface area contributed by atoms with Crippen LogP contribution in [0.1, 0.15) is 6.42 Å². The Bertz CT molecular complexity index is 346. The zero-order valence-electron chi connectivity index (χ0n) is 7.30. The van der Waals surface area contributed by atoms with Crippen molar-refractivity contribution in [3.05, 3.63) is 29.0 Å². The summed E-state index contributed by atoms with van der Waals surface area (Å²) >= 11 is 10.2. The summed E-state index contributed by atoms with van der Waals surface area (Å²) in [6.07, 6.45) is 0.418. The number of halogens is 2. The van der Waals surface area contributed by atoms with Crippen molar-refractivity contribution in [2.24, 2.45) is 5.73 Å². The predicted octanol–water partition coefficient (Wildman–Crippen LogP) is 2.53. The summed E-state index contributed by atoms with van der Waals surface area (Å²) in [6.45, 7) is 0.257. The van der Waals surface area contributed by atoms with E-state index >= 15 is 0 Å². The maximum Gasteiger partial charge on any atom is 0.183 e. The minimum Gasteiger partial charge on any atom is -0.490 e. The second-order valence-electron chi connectivity index (χ2n) is 2.62. The normalized spacial score (nSPS) is 9.86. The lowest BCUT2D eigenvalue weighted by Gasteiger charge is -2.06. The van der Waals surface area contributed by atoms with Gasteiger partial charge in [-0.1, -0.05) is 29.9 Å². The van der Waals surface area contributed by atoms with Crippen molar-refractivity contribution in [3.8, 4) is 5.75 Å². The molecule has 0 atom stereocenters. The Labute approximate surface area is 91.8 Å². The van der Waals surface area contributed by atoms with Crippen LogP contribution < -0.4 is 10.5 Å². The minimum absolute atomic E-state index is 0.0397. The lowest BCUT2D eigenvalue weighted by molar-refractivity contribution is 0.312. The molecule has 5 heteroatoms. The number of benzene rings is 1. The van der Waals surface area contributed by atoms with Crippen LogP contribution in [0.2, 0.25) is 5.02 Å². The largest absolute Gasteiger partial charge is 0.490 e. The number of thiocarbonyl (C=S) groups is 1. The molecule has 76 valence electrons. The van der Waals surface area contributed by atoms with E-state index in [4.69, 9.17) is 22.1 Å². The van der Waals surface area contributed by atoms with Crippen LogP contribution >= 0.6 is 23.8 Å². The number of nitrogens with two attached hydrogens (primary N) is 1. The Morgan fingerprint density at radius 2 is 2.29 bits per heavy atom. The van der Waals surface area contributed by atoms with E-state index in [0.29, 0.717) is 11.4 Å². The monoisotopic (exact) mass is 233 g/mol. The quantitative estimate of drug-likeness (QED) is 0.812. The van der Waals surface area contributed by atoms with Gasteiger partial charge in [0.15, 0.2) is 11.6 Å². The highest BCUT2D eigenvalue weighted by molar-refractivity contribution is 7.80. The van der Waals surface area contributed by atoms with E-state index in [1.54, 1.807) is 6.07 Å². The fraction of sp³-hybridized carbons (Fsp3) is 0.222. The number of ether oxygens (including phenoxy) is 1. The van der Waals surface area contributed by atoms with Gasteiger partial charge >= 0.3 is 0 Å². The van der Waals surface area contributed by atoms with Crippen molar-refractivity contribution in [2.75, 3.05) is 6.61 Å². The van der Waals surface area contributed by atoms with Crippen LogP contribution in [0.3, 0.4) is 0 Å². The Morgan fingerprint density at radius 3 is 2.93 bits per heavy atom. The van der Waals surface area contributed by atoms with E-state index in [2.05, 4.69) is 12.2 Å². The second kappa shape index (κ2) is 5.12. The average molecular weight is 234 g/mol. The highest BCUT2D eigenvalue weighted by Crippen LogP contribution is 2.23. The van der Waals surface area contributed by atoms with Crippen LogP contribution in [0.4, 0.5) is 4.39 Å². The Kier molecular flexibility index (Phi) is 4.10. The Morgan fingerprint density at radius 1 is 1.57 bits per heavy atom. The highest BCUT2D eigenvalue weighted by atomic mass is 35.5. The van der Waals surface area contributed by atoms with Crippen LogP contribution in [0, 0.1) is 5.82 Å². The fourth-order valence-electron chi connectivity index (χ4n) is 0.857. The molecule has 1 rings (SSSR count). The van der Waals surface area contributed by atoms with E-state index in [0.717, 1.165) is 0 Å². The van der Waals surface area contributed by atoms with Gasteiger partial charge in [-0.25, -0.2) is 4.39 Å². The van der Waals surface area contributed by atoms with Crippen molar-refractivity contribution in [2.45, 2.75) is 6.42 Å². The lowest BCUT2D eigenvalue weighted by Crippen LogP contribution is -2.12. The molecule has 0 fully saturated rings. The molecule has 0 saturated heterocycles. The first-order valence-corrected chi connectivity index (χ1v) is 4.75. The summed E-state index contributed by atoms with van der Waals surface area (Å²) in [5.41, 5.74) is 5.26. The molecule has 0 aliphatic heterocycles. The molecule has 0 unspecified atom stereocenters. The van der Waals surface area contributed by atoms with Gasteiger partial charge in [0, 0.05) is 6.42 Å². The molecule has 0 amide bonds.